The molecular weight excluding hydrogens is 304 g/mol. The summed E-state index contributed by atoms with van der Waals surface area (Å²) in [7, 11) is 0. The molecular formula is C19H22N2OS. The molecule has 1 atom stereocenters. The van der Waals surface area contributed by atoms with Crippen molar-refractivity contribution >= 4 is 17.2 Å². The van der Waals surface area contributed by atoms with E-state index in [0.29, 0.717) is 13.1 Å². The predicted molar refractivity (Wildman–Crippen MR) is 95.8 cm³/mol. The van der Waals surface area contributed by atoms with Crippen molar-refractivity contribution in [3.63, 3.8) is 0 Å². The summed E-state index contributed by atoms with van der Waals surface area (Å²) < 4.78 is 0. The van der Waals surface area contributed by atoms with Gasteiger partial charge in [0.25, 0.3) is 0 Å². The maximum atomic E-state index is 12.7. The van der Waals surface area contributed by atoms with Crippen LogP contribution in [0.15, 0.2) is 48.4 Å². The van der Waals surface area contributed by atoms with Gasteiger partial charge in [0.2, 0.25) is 5.91 Å². The molecule has 1 aromatic carbocycles. The third-order valence-electron chi connectivity index (χ3n) is 4.24. The molecule has 0 fully saturated rings. The number of nitrogens with zero attached hydrogens (tertiary/aromatic N) is 1. The second-order valence-electron chi connectivity index (χ2n) is 5.87. The number of carbonyl (C=O) groups is 1. The van der Waals surface area contributed by atoms with Crippen molar-refractivity contribution in [2.24, 2.45) is 0 Å². The fourth-order valence-corrected chi connectivity index (χ4v) is 3.98. The molecule has 3 rings (SSSR count). The Morgan fingerprint density at radius 1 is 1.39 bits per heavy atom. The quantitative estimate of drug-likeness (QED) is 0.675. The normalized spacial score (nSPS) is 16.9. The lowest BCUT2D eigenvalue weighted by molar-refractivity contribution is -0.132. The highest BCUT2D eigenvalue weighted by molar-refractivity contribution is 7.10. The summed E-state index contributed by atoms with van der Waals surface area (Å²) >= 11 is 1.80. The van der Waals surface area contributed by atoms with Crippen LogP contribution in [0.25, 0.3) is 0 Å². The fourth-order valence-electron chi connectivity index (χ4n) is 3.08. The summed E-state index contributed by atoms with van der Waals surface area (Å²) in [4.78, 5) is 16.1. The van der Waals surface area contributed by atoms with Gasteiger partial charge < -0.3 is 10.2 Å². The largest absolute Gasteiger partial charge is 0.330 e. The highest BCUT2D eigenvalue weighted by atomic mass is 32.1. The number of carbonyl (C=O) groups excluding carboxylic acids is 1. The molecule has 1 aliphatic rings. The van der Waals surface area contributed by atoms with Gasteiger partial charge in [-0.05, 0) is 35.9 Å². The molecule has 1 amide bonds. The number of hydrogen-bond acceptors (Lipinski definition) is 3. The monoisotopic (exact) mass is 326 g/mol. The molecule has 0 radical (unpaired) electrons. The lowest BCUT2D eigenvalue weighted by Gasteiger charge is -2.36. The molecule has 0 saturated carbocycles. The summed E-state index contributed by atoms with van der Waals surface area (Å²) in [5.41, 5.74) is 3.70. The zero-order chi connectivity index (χ0) is 16.2. The van der Waals surface area contributed by atoms with E-state index in [1.165, 1.54) is 21.6 Å². The Bertz CT molecular complexity index is 690. The number of amides is 1. The van der Waals surface area contributed by atoms with Gasteiger partial charge in [0.15, 0.2) is 0 Å². The molecule has 0 spiro atoms. The SMILES string of the molecule is C=CCNCC(=O)N1CCc2sccc2[C@H]1c1ccc(C)cc1. The van der Waals surface area contributed by atoms with Gasteiger partial charge >= 0.3 is 0 Å². The van der Waals surface area contributed by atoms with Gasteiger partial charge in [-0.1, -0.05) is 35.9 Å². The van der Waals surface area contributed by atoms with E-state index in [0.717, 1.165) is 13.0 Å². The highest BCUT2D eigenvalue weighted by Gasteiger charge is 2.32. The van der Waals surface area contributed by atoms with E-state index in [-0.39, 0.29) is 11.9 Å². The first-order valence-electron chi connectivity index (χ1n) is 7.94. The fraction of sp³-hybridized carbons (Fsp3) is 0.316. The van der Waals surface area contributed by atoms with E-state index in [1.807, 2.05) is 4.90 Å². The van der Waals surface area contributed by atoms with Gasteiger partial charge in [-0.25, -0.2) is 0 Å². The van der Waals surface area contributed by atoms with Crippen LogP contribution in [0.1, 0.15) is 27.6 Å². The van der Waals surface area contributed by atoms with E-state index >= 15 is 0 Å². The molecule has 4 heteroatoms. The Morgan fingerprint density at radius 3 is 2.91 bits per heavy atom. The molecule has 0 saturated heterocycles. The third-order valence-corrected chi connectivity index (χ3v) is 5.24. The number of nitrogens with one attached hydrogen (secondary N) is 1. The van der Waals surface area contributed by atoms with Crippen molar-refractivity contribution in [2.75, 3.05) is 19.6 Å². The van der Waals surface area contributed by atoms with E-state index in [2.05, 4.69) is 54.5 Å². The summed E-state index contributed by atoms with van der Waals surface area (Å²) in [6.45, 7) is 7.55. The van der Waals surface area contributed by atoms with Crippen molar-refractivity contribution in [3.8, 4) is 0 Å². The average molecular weight is 326 g/mol. The first kappa shape index (κ1) is 16.0. The van der Waals surface area contributed by atoms with Crippen LogP contribution in [0.3, 0.4) is 0 Å². The minimum Gasteiger partial charge on any atom is -0.330 e. The molecule has 3 nitrogen and oxygen atoms in total. The molecule has 0 aliphatic carbocycles. The smallest absolute Gasteiger partial charge is 0.237 e. The van der Waals surface area contributed by atoms with Crippen molar-refractivity contribution in [3.05, 3.63) is 69.9 Å². The van der Waals surface area contributed by atoms with Gasteiger partial charge in [0.1, 0.15) is 0 Å². The Labute approximate surface area is 141 Å². The number of hydrogen-bond donors (Lipinski definition) is 1. The van der Waals surface area contributed by atoms with E-state index in [1.54, 1.807) is 17.4 Å². The number of rotatable bonds is 5. The molecule has 1 aromatic heterocycles. The molecule has 0 bridgehead atoms. The van der Waals surface area contributed by atoms with Crippen molar-refractivity contribution < 1.29 is 4.79 Å². The van der Waals surface area contributed by atoms with Crippen LogP contribution in [0, 0.1) is 6.92 Å². The lowest BCUT2D eigenvalue weighted by Crippen LogP contribution is -2.44. The topological polar surface area (TPSA) is 32.3 Å². The standard InChI is InChI=1S/C19H22N2OS/c1-3-10-20-13-18(22)21-11-8-17-16(9-12-23-17)19(21)15-6-4-14(2)5-7-15/h3-7,9,12,19-20H,1,8,10-11,13H2,2H3/t19-/m1/s1. The third kappa shape index (κ3) is 3.38. The molecule has 1 aliphatic heterocycles. The van der Waals surface area contributed by atoms with E-state index in [4.69, 9.17) is 0 Å². The number of thiophene rings is 1. The Balaban J connectivity index is 1.90. The van der Waals surface area contributed by atoms with Gasteiger partial charge in [-0.15, -0.1) is 17.9 Å². The van der Waals surface area contributed by atoms with Crippen molar-refractivity contribution in [2.45, 2.75) is 19.4 Å². The molecule has 23 heavy (non-hydrogen) atoms. The second-order valence-corrected chi connectivity index (χ2v) is 6.87. The van der Waals surface area contributed by atoms with Crippen LogP contribution in [-0.4, -0.2) is 30.4 Å². The summed E-state index contributed by atoms with van der Waals surface area (Å²) in [6, 6.07) is 10.7. The van der Waals surface area contributed by atoms with Crippen LogP contribution in [-0.2, 0) is 11.2 Å². The minimum absolute atomic E-state index is 0.0311. The van der Waals surface area contributed by atoms with Gasteiger partial charge in [-0.3, -0.25) is 4.79 Å². The van der Waals surface area contributed by atoms with Crippen molar-refractivity contribution in [1.82, 2.24) is 10.2 Å². The molecule has 120 valence electrons. The van der Waals surface area contributed by atoms with Crippen LogP contribution in [0.2, 0.25) is 0 Å². The Kier molecular flexibility index (Phi) is 4.94. The maximum Gasteiger partial charge on any atom is 0.237 e. The first-order valence-corrected chi connectivity index (χ1v) is 8.82. The van der Waals surface area contributed by atoms with Crippen LogP contribution in [0.5, 0.6) is 0 Å². The number of fused-ring (bicyclic) bond motifs is 1. The summed E-state index contributed by atoms with van der Waals surface area (Å²) in [5, 5.41) is 5.26. The predicted octanol–water partition coefficient (Wildman–Crippen LogP) is 3.31. The van der Waals surface area contributed by atoms with Crippen LogP contribution < -0.4 is 5.32 Å². The maximum absolute atomic E-state index is 12.7. The number of aryl methyl sites for hydroxylation is 1. The Morgan fingerprint density at radius 2 is 2.17 bits per heavy atom. The molecule has 0 unspecified atom stereocenters. The van der Waals surface area contributed by atoms with E-state index < -0.39 is 0 Å². The molecule has 1 N–H and O–H groups in total. The number of benzene rings is 1. The highest BCUT2D eigenvalue weighted by Crippen LogP contribution is 2.37. The van der Waals surface area contributed by atoms with E-state index in [9.17, 15) is 4.79 Å². The zero-order valence-corrected chi connectivity index (χ0v) is 14.2. The van der Waals surface area contributed by atoms with Gasteiger partial charge in [0.05, 0.1) is 12.6 Å². The summed E-state index contributed by atoms with van der Waals surface area (Å²) in [6.07, 6.45) is 2.72. The second kappa shape index (κ2) is 7.11. The minimum atomic E-state index is 0.0311. The van der Waals surface area contributed by atoms with Crippen LogP contribution >= 0.6 is 11.3 Å². The molecule has 2 aromatic rings. The van der Waals surface area contributed by atoms with Gasteiger partial charge in [-0.2, -0.15) is 0 Å². The Hall–Kier alpha value is -1.91. The van der Waals surface area contributed by atoms with Crippen molar-refractivity contribution in [1.29, 1.82) is 0 Å². The van der Waals surface area contributed by atoms with Crippen LogP contribution in [0.4, 0.5) is 0 Å². The van der Waals surface area contributed by atoms with Gasteiger partial charge in [0, 0.05) is 18.0 Å². The zero-order valence-electron chi connectivity index (χ0n) is 13.4. The molecule has 2 heterocycles. The first-order chi connectivity index (χ1) is 11.2. The summed E-state index contributed by atoms with van der Waals surface area (Å²) in [5.74, 6) is 0.147. The average Bonchev–Trinajstić information content (AvgIpc) is 3.03. The lowest BCUT2D eigenvalue weighted by atomic mass is 9.92.